The number of carbonyl (C=O) groups is 1. The Morgan fingerprint density at radius 1 is 1.15 bits per heavy atom. The molecule has 0 saturated heterocycles. The highest BCUT2D eigenvalue weighted by atomic mass is 32.2. The average Bonchev–Trinajstić information content (AvgIpc) is 3.05. The van der Waals surface area contributed by atoms with Crippen molar-refractivity contribution in [2.24, 2.45) is 0 Å². The van der Waals surface area contributed by atoms with Crippen molar-refractivity contribution in [2.45, 2.75) is 18.4 Å². The van der Waals surface area contributed by atoms with Crippen molar-refractivity contribution in [1.82, 2.24) is 10.0 Å². The number of amides is 1. The van der Waals surface area contributed by atoms with Crippen molar-refractivity contribution in [3.05, 3.63) is 53.3 Å². The van der Waals surface area contributed by atoms with E-state index in [1.165, 1.54) is 6.92 Å². The standard InChI is InChI=1S/C17H17FN2O5S/c1-11-6-13(18)3-5-16(11)26(22,23)20-9-17(21)19-8-12-2-4-14-15(7-12)25-10-24-14/h2-7,20H,8-10H2,1H3,(H,19,21). The summed E-state index contributed by atoms with van der Waals surface area (Å²) in [5.74, 6) is 0.223. The van der Waals surface area contributed by atoms with Gasteiger partial charge in [0.15, 0.2) is 11.5 Å². The van der Waals surface area contributed by atoms with Crippen LogP contribution in [-0.4, -0.2) is 27.7 Å². The molecule has 1 aliphatic rings. The van der Waals surface area contributed by atoms with E-state index in [1.807, 2.05) is 0 Å². The van der Waals surface area contributed by atoms with Crippen molar-refractivity contribution in [3.8, 4) is 11.5 Å². The molecule has 0 spiro atoms. The van der Waals surface area contributed by atoms with Crippen LogP contribution < -0.4 is 19.5 Å². The number of hydrogen-bond donors (Lipinski definition) is 2. The highest BCUT2D eigenvalue weighted by molar-refractivity contribution is 7.89. The molecule has 0 saturated carbocycles. The number of hydrogen-bond acceptors (Lipinski definition) is 5. The zero-order valence-electron chi connectivity index (χ0n) is 13.9. The summed E-state index contributed by atoms with van der Waals surface area (Å²) >= 11 is 0. The third-order valence-corrected chi connectivity index (χ3v) is 5.34. The number of benzene rings is 2. The van der Waals surface area contributed by atoms with Gasteiger partial charge < -0.3 is 14.8 Å². The van der Waals surface area contributed by atoms with Gasteiger partial charge in [0.1, 0.15) is 5.82 Å². The average molecular weight is 380 g/mol. The number of rotatable bonds is 6. The molecule has 1 heterocycles. The summed E-state index contributed by atoms with van der Waals surface area (Å²) < 4.78 is 50.2. The maximum Gasteiger partial charge on any atom is 0.241 e. The molecular formula is C17H17FN2O5S. The zero-order valence-corrected chi connectivity index (χ0v) is 14.7. The maximum atomic E-state index is 13.1. The molecule has 1 amide bonds. The summed E-state index contributed by atoms with van der Waals surface area (Å²) in [6.07, 6.45) is 0. The molecule has 0 fully saturated rings. The second-order valence-electron chi connectivity index (χ2n) is 5.70. The molecule has 0 atom stereocenters. The van der Waals surface area contributed by atoms with Crippen LogP contribution in [0.15, 0.2) is 41.3 Å². The molecule has 2 N–H and O–H groups in total. The lowest BCUT2D eigenvalue weighted by atomic mass is 10.2. The van der Waals surface area contributed by atoms with Gasteiger partial charge in [0.05, 0.1) is 11.4 Å². The van der Waals surface area contributed by atoms with E-state index >= 15 is 0 Å². The van der Waals surface area contributed by atoms with Crippen LogP contribution in [0, 0.1) is 12.7 Å². The molecule has 26 heavy (non-hydrogen) atoms. The van der Waals surface area contributed by atoms with Crippen molar-refractivity contribution >= 4 is 15.9 Å². The summed E-state index contributed by atoms with van der Waals surface area (Å²) in [5.41, 5.74) is 1.05. The van der Waals surface area contributed by atoms with Crippen LogP contribution in [0.2, 0.25) is 0 Å². The SMILES string of the molecule is Cc1cc(F)ccc1S(=O)(=O)NCC(=O)NCc1ccc2c(c1)OCO2. The topological polar surface area (TPSA) is 93.7 Å². The summed E-state index contributed by atoms with van der Waals surface area (Å²) in [5, 5.41) is 2.62. The monoisotopic (exact) mass is 380 g/mol. The molecule has 1 aliphatic heterocycles. The number of ether oxygens (including phenoxy) is 2. The van der Waals surface area contributed by atoms with Crippen LogP contribution in [0.1, 0.15) is 11.1 Å². The Kier molecular flexibility index (Phi) is 5.10. The second kappa shape index (κ2) is 7.30. The lowest BCUT2D eigenvalue weighted by molar-refractivity contribution is -0.120. The Labute approximate surface area is 150 Å². The molecule has 2 aromatic carbocycles. The van der Waals surface area contributed by atoms with Gasteiger partial charge in [0.25, 0.3) is 0 Å². The first-order valence-corrected chi connectivity index (χ1v) is 9.24. The Hall–Kier alpha value is -2.65. The molecule has 7 nitrogen and oxygen atoms in total. The van der Waals surface area contributed by atoms with Crippen LogP contribution in [0.25, 0.3) is 0 Å². The second-order valence-corrected chi connectivity index (χ2v) is 7.43. The fraction of sp³-hybridized carbons (Fsp3) is 0.235. The van der Waals surface area contributed by atoms with Crippen LogP contribution in [0.3, 0.4) is 0 Å². The minimum atomic E-state index is -3.91. The van der Waals surface area contributed by atoms with Gasteiger partial charge in [-0.2, -0.15) is 0 Å². The number of halogens is 1. The van der Waals surface area contributed by atoms with E-state index < -0.39 is 28.3 Å². The van der Waals surface area contributed by atoms with Gasteiger partial charge in [-0.25, -0.2) is 17.5 Å². The first kappa shape index (κ1) is 18.2. The molecule has 9 heteroatoms. The third kappa shape index (κ3) is 4.12. The molecule has 0 radical (unpaired) electrons. The van der Waals surface area contributed by atoms with E-state index in [2.05, 4.69) is 10.0 Å². The predicted molar refractivity (Wildman–Crippen MR) is 90.7 cm³/mol. The molecule has 0 aliphatic carbocycles. The molecule has 138 valence electrons. The summed E-state index contributed by atoms with van der Waals surface area (Å²) in [6, 6.07) is 8.60. The first-order valence-electron chi connectivity index (χ1n) is 7.76. The minimum Gasteiger partial charge on any atom is -0.454 e. The number of aryl methyl sites for hydroxylation is 1. The molecule has 3 rings (SSSR count). The summed E-state index contributed by atoms with van der Waals surface area (Å²) in [4.78, 5) is 11.8. The molecular weight excluding hydrogens is 363 g/mol. The maximum absolute atomic E-state index is 13.1. The Balaban J connectivity index is 1.55. The van der Waals surface area contributed by atoms with E-state index in [0.717, 1.165) is 23.8 Å². The number of carbonyl (C=O) groups excluding carboxylic acids is 1. The highest BCUT2D eigenvalue weighted by Gasteiger charge is 2.18. The van der Waals surface area contributed by atoms with Crippen LogP contribution >= 0.6 is 0 Å². The van der Waals surface area contributed by atoms with Gasteiger partial charge in [-0.15, -0.1) is 0 Å². The number of fused-ring (bicyclic) bond motifs is 1. The zero-order chi connectivity index (χ0) is 18.7. The molecule has 0 bridgehead atoms. The third-order valence-electron chi connectivity index (χ3n) is 3.78. The van der Waals surface area contributed by atoms with Gasteiger partial charge in [-0.1, -0.05) is 6.07 Å². The van der Waals surface area contributed by atoms with E-state index in [1.54, 1.807) is 18.2 Å². The Bertz CT molecular complexity index is 946. The highest BCUT2D eigenvalue weighted by Crippen LogP contribution is 2.32. The number of sulfonamides is 1. The number of nitrogens with one attached hydrogen (secondary N) is 2. The summed E-state index contributed by atoms with van der Waals surface area (Å²) in [7, 11) is -3.91. The normalized spacial score (nSPS) is 12.8. The van der Waals surface area contributed by atoms with Crippen LogP contribution in [0.4, 0.5) is 4.39 Å². The molecule has 2 aromatic rings. The lowest BCUT2D eigenvalue weighted by Gasteiger charge is -2.10. The smallest absolute Gasteiger partial charge is 0.241 e. The Morgan fingerprint density at radius 3 is 2.69 bits per heavy atom. The van der Waals surface area contributed by atoms with Crippen molar-refractivity contribution in [3.63, 3.8) is 0 Å². The van der Waals surface area contributed by atoms with Crippen molar-refractivity contribution < 1.29 is 27.1 Å². The Morgan fingerprint density at radius 2 is 1.92 bits per heavy atom. The molecule has 0 unspecified atom stereocenters. The van der Waals surface area contributed by atoms with Crippen LogP contribution in [0.5, 0.6) is 11.5 Å². The van der Waals surface area contributed by atoms with Gasteiger partial charge in [-0.3, -0.25) is 4.79 Å². The van der Waals surface area contributed by atoms with E-state index in [9.17, 15) is 17.6 Å². The first-order chi connectivity index (χ1) is 12.3. The quantitative estimate of drug-likeness (QED) is 0.791. The van der Waals surface area contributed by atoms with Gasteiger partial charge >= 0.3 is 0 Å². The predicted octanol–water partition coefficient (Wildman–Crippen LogP) is 1.46. The van der Waals surface area contributed by atoms with E-state index in [-0.39, 0.29) is 23.8 Å². The van der Waals surface area contributed by atoms with Gasteiger partial charge in [-0.05, 0) is 48.4 Å². The van der Waals surface area contributed by atoms with E-state index in [4.69, 9.17) is 9.47 Å². The van der Waals surface area contributed by atoms with Gasteiger partial charge in [0, 0.05) is 6.54 Å². The van der Waals surface area contributed by atoms with Crippen molar-refractivity contribution in [1.29, 1.82) is 0 Å². The minimum absolute atomic E-state index is 0.0672. The van der Waals surface area contributed by atoms with Crippen molar-refractivity contribution in [2.75, 3.05) is 13.3 Å². The van der Waals surface area contributed by atoms with Crippen LogP contribution in [-0.2, 0) is 21.4 Å². The fourth-order valence-corrected chi connectivity index (χ4v) is 3.67. The van der Waals surface area contributed by atoms with E-state index in [0.29, 0.717) is 11.5 Å². The molecule has 0 aromatic heterocycles. The largest absolute Gasteiger partial charge is 0.454 e. The fourth-order valence-electron chi connectivity index (χ4n) is 2.47. The summed E-state index contributed by atoms with van der Waals surface area (Å²) in [6.45, 7) is 1.43. The van der Waals surface area contributed by atoms with Gasteiger partial charge in [0.2, 0.25) is 22.7 Å². The lowest BCUT2D eigenvalue weighted by Crippen LogP contribution is -2.36.